The molecule has 0 amide bonds. The highest BCUT2D eigenvalue weighted by atomic mass is 15.0. The van der Waals surface area contributed by atoms with Crippen molar-refractivity contribution in [2.45, 2.75) is 19.3 Å². The van der Waals surface area contributed by atoms with Crippen molar-refractivity contribution in [3.8, 4) is 0 Å². The Labute approximate surface area is 114 Å². The Morgan fingerprint density at radius 1 is 1.42 bits per heavy atom. The molecule has 0 spiro atoms. The van der Waals surface area contributed by atoms with Gasteiger partial charge in [-0.15, -0.1) is 0 Å². The molecule has 1 aromatic heterocycles. The van der Waals surface area contributed by atoms with Crippen molar-refractivity contribution in [1.82, 2.24) is 14.9 Å². The van der Waals surface area contributed by atoms with Crippen LogP contribution in [0.3, 0.4) is 0 Å². The third-order valence-corrected chi connectivity index (χ3v) is 4.27. The van der Waals surface area contributed by atoms with Crippen molar-refractivity contribution in [2.75, 3.05) is 19.6 Å². The van der Waals surface area contributed by atoms with Crippen LogP contribution in [0.25, 0.3) is 11.0 Å². The van der Waals surface area contributed by atoms with Gasteiger partial charge in [-0.2, -0.15) is 0 Å². The molecule has 19 heavy (non-hydrogen) atoms. The van der Waals surface area contributed by atoms with Crippen LogP contribution in [0.1, 0.15) is 18.4 Å². The number of nitrogens with two attached hydrogens (primary N) is 1. The third-order valence-electron chi connectivity index (χ3n) is 4.27. The van der Waals surface area contributed by atoms with Gasteiger partial charge in [-0.3, -0.25) is 0 Å². The van der Waals surface area contributed by atoms with Crippen LogP contribution in [-0.2, 0) is 13.5 Å². The second kappa shape index (κ2) is 4.94. The van der Waals surface area contributed by atoms with Gasteiger partial charge in [-0.05, 0) is 55.5 Å². The van der Waals surface area contributed by atoms with E-state index in [0.29, 0.717) is 5.41 Å². The van der Waals surface area contributed by atoms with Gasteiger partial charge in [-0.1, -0.05) is 6.07 Å². The van der Waals surface area contributed by atoms with Gasteiger partial charge >= 0.3 is 0 Å². The fourth-order valence-corrected chi connectivity index (χ4v) is 2.55. The van der Waals surface area contributed by atoms with Gasteiger partial charge in [-0.25, -0.2) is 4.98 Å². The number of imidazole rings is 1. The Hall–Kier alpha value is -1.39. The summed E-state index contributed by atoms with van der Waals surface area (Å²) in [5.41, 5.74) is 9.82. The number of benzene rings is 1. The van der Waals surface area contributed by atoms with E-state index >= 15 is 0 Å². The van der Waals surface area contributed by atoms with Crippen molar-refractivity contribution in [2.24, 2.45) is 18.2 Å². The molecule has 0 bridgehead atoms. The standard InChI is InChI=1S/C15H22N4/c1-19-11-18-13-8-12(2-3-14(13)19)4-7-17-10-15(9-16)5-6-15/h2-3,8,11,17H,4-7,9-10,16H2,1H3. The number of fused-ring (bicyclic) bond motifs is 1. The molecule has 1 saturated carbocycles. The molecular formula is C15H22N4. The quantitative estimate of drug-likeness (QED) is 0.771. The zero-order chi connectivity index (χ0) is 13.3. The van der Waals surface area contributed by atoms with Gasteiger partial charge in [0.05, 0.1) is 17.4 Å². The monoisotopic (exact) mass is 258 g/mol. The summed E-state index contributed by atoms with van der Waals surface area (Å²) in [6.45, 7) is 2.90. The van der Waals surface area contributed by atoms with E-state index in [4.69, 9.17) is 5.73 Å². The lowest BCUT2D eigenvalue weighted by atomic mass is 10.1. The molecule has 1 fully saturated rings. The Morgan fingerprint density at radius 2 is 2.26 bits per heavy atom. The van der Waals surface area contributed by atoms with Crippen LogP contribution < -0.4 is 11.1 Å². The van der Waals surface area contributed by atoms with E-state index in [2.05, 4.69) is 33.1 Å². The number of hydrogen-bond donors (Lipinski definition) is 2. The van der Waals surface area contributed by atoms with Crippen molar-refractivity contribution in [1.29, 1.82) is 0 Å². The largest absolute Gasteiger partial charge is 0.334 e. The molecule has 102 valence electrons. The molecule has 1 aliphatic rings. The summed E-state index contributed by atoms with van der Waals surface area (Å²) in [5.74, 6) is 0. The average Bonchev–Trinajstić information content (AvgIpc) is 3.13. The molecule has 0 unspecified atom stereocenters. The highest BCUT2D eigenvalue weighted by molar-refractivity contribution is 5.75. The van der Waals surface area contributed by atoms with E-state index < -0.39 is 0 Å². The lowest BCUT2D eigenvalue weighted by Gasteiger charge is -2.13. The first-order valence-corrected chi connectivity index (χ1v) is 7.03. The molecule has 1 aromatic carbocycles. The summed E-state index contributed by atoms with van der Waals surface area (Å²) in [6.07, 6.45) is 5.49. The number of aromatic nitrogens is 2. The van der Waals surface area contributed by atoms with Gasteiger partial charge in [0.2, 0.25) is 0 Å². The minimum atomic E-state index is 0.422. The van der Waals surface area contributed by atoms with Crippen LogP contribution in [0.2, 0.25) is 0 Å². The van der Waals surface area contributed by atoms with Crippen LogP contribution in [-0.4, -0.2) is 29.2 Å². The van der Waals surface area contributed by atoms with E-state index in [0.717, 1.165) is 31.6 Å². The fraction of sp³-hybridized carbons (Fsp3) is 0.533. The van der Waals surface area contributed by atoms with Crippen LogP contribution >= 0.6 is 0 Å². The highest BCUT2D eigenvalue weighted by Crippen LogP contribution is 2.43. The molecule has 0 atom stereocenters. The summed E-state index contributed by atoms with van der Waals surface area (Å²) in [6, 6.07) is 6.54. The molecule has 0 saturated heterocycles. The van der Waals surface area contributed by atoms with Crippen LogP contribution in [0, 0.1) is 5.41 Å². The van der Waals surface area contributed by atoms with E-state index in [1.165, 1.54) is 23.9 Å². The Kier molecular flexibility index (Phi) is 3.29. The molecular weight excluding hydrogens is 236 g/mol. The summed E-state index contributed by atoms with van der Waals surface area (Å²) in [7, 11) is 2.03. The molecule has 2 aromatic rings. The maximum Gasteiger partial charge on any atom is 0.0955 e. The molecule has 1 aliphatic carbocycles. The van der Waals surface area contributed by atoms with Crippen molar-refractivity contribution in [3.63, 3.8) is 0 Å². The summed E-state index contributed by atoms with van der Waals surface area (Å²) in [5, 5.41) is 3.54. The minimum Gasteiger partial charge on any atom is -0.334 e. The summed E-state index contributed by atoms with van der Waals surface area (Å²) < 4.78 is 2.05. The van der Waals surface area contributed by atoms with Gasteiger partial charge in [0, 0.05) is 13.6 Å². The SMILES string of the molecule is Cn1cnc2cc(CCNCC3(CN)CC3)ccc21. The lowest BCUT2D eigenvalue weighted by molar-refractivity contribution is 0.470. The minimum absolute atomic E-state index is 0.422. The zero-order valence-corrected chi connectivity index (χ0v) is 11.5. The van der Waals surface area contributed by atoms with Gasteiger partial charge in [0.1, 0.15) is 0 Å². The summed E-state index contributed by atoms with van der Waals surface area (Å²) >= 11 is 0. The first-order valence-electron chi connectivity index (χ1n) is 7.03. The first-order chi connectivity index (χ1) is 9.22. The predicted molar refractivity (Wildman–Crippen MR) is 78.0 cm³/mol. The molecule has 4 heteroatoms. The topological polar surface area (TPSA) is 55.9 Å². The van der Waals surface area contributed by atoms with E-state index in [1.807, 2.05) is 13.4 Å². The number of nitrogens with one attached hydrogen (secondary N) is 1. The Bertz CT molecular complexity index is 569. The van der Waals surface area contributed by atoms with Crippen molar-refractivity contribution < 1.29 is 0 Å². The zero-order valence-electron chi connectivity index (χ0n) is 11.5. The maximum absolute atomic E-state index is 5.78. The van der Waals surface area contributed by atoms with E-state index in [-0.39, 0.29) is 0 Å². The first kappa shape index (κ1) is 12.6. The number of hydrogen-bond acceptors (Lipinski definition) is 3. The number of aryl methyl sites for hydroxylation is 1. The number of nitrogens with zero attached hydrogens (tertiary/aromatic N) is 2. The van der Waals surface area contributed by atoms with Gasteiger partial charge in [0.25, 0.3) is 0 Å². The predicted octanol–water partition coefficient (Wildman–Crippen LogP) is 1.44. The smallest absolute Gasteiger partial charge is 0.0955 e. The average molecular weight is 258 g/mol. The summed E-state index contributed by atoms with van der Waals surface area (Å²) in [4.78, 5) is 4.40. The second-order valence-electron chi connectivity index (χ2n) is 5.81. The van der Waals surface area contributed by atoms with Crippen molar-refractivity contribution >= 4 is 11.0 Å². The number of rotatable bonds is 6. The fourth-order valence-electron chi connectivity index (χ4n) is 2.55. The normalized spacial score (nSPS) is 16.9. The molecule has 3 N–H and O–H groups in total. The maximum atomic E-state index is 5.78. The molecule has 0 radical (unpaired) electrons. The molecule has 3 rings (SSSR count). The second-order valence-corrected chi connectivity index (χ2v) is 5.81. The van der Waals surface area contributed by atoms with Crippen LogP contribution in [0.5, 0.6) is 0 Å². The van der Waals surface area contributed by atoms with Gasteiger partial charge in [0.15, 0.2) is 0 Å². The van der Waals surface area contributed by atoms with E-state index in [9.17, 15) is 0 Å². The molecule has 0 aliphatic heterocycles. The van der Waals surface area contributed by atoms with E-state index in [1.54, 1.807) is 0 Å². The van der Waals surface area contributed by atoms with Crippen LogP contribution in [0.4, 0.5) is 0 Å². The highest BCUT2D eigenvalue weighted by Gasteiger charge is 2.40. The van der Waals surface area contributed by atoms with Crippen LogP contribution in [0.15, 0.2) is 24.5 Å². The Balaban J connectivity index is 1.53. The van der Waals surface area contributed by atoms with Gasteiger partial charge < -0.3 is 15.6 Å². The molecule has 4 nitrogen and oxygen atoms in total. The molecule has 1 heterocycles. The van der Waals surface area contributed by atoms with Crippen molar-refractivity contribution in [3.05, 3.63) is 30.1 Å². The third kappa shape index (κ3) is 2.65. The Morgan fingerprint density at radius 3 is 3.00 bits per heavy atom. The lowest BCUT2D eigenvalue weighted by Crippen LogP contribution is -2.30.